The molecule has 0 aliphatic heterocycles. The Morgan fingerprint density at radius 3 is 2.35 bits per heavy atom. The fraction of sp³-hybridized carbons (Fsp3) is 0.0714. The van der Waals surface area contributed by atoms with Crippen LogP contribution in [0.4, 0.5) is 13.2 Å². The molecule has 0 amide bonds. The van der Waals surface area contributed by atoms with Gasteiger partial charge < -0.3 is 4.74 Å². The van der Waals surface area contributed by atoms with Gasteiger partial charge in [0, 0.05) is 6.07 Å². The standard InChI is InChI=1S/C14H7ClF3NO/c15-13-7-12(5-4-9(13)8-19)20-11-3-1-2-10(6-11)14(16,17)18/h1-7H. The number of alkyl halides is 3. The Kier molecular flexibility index (Phi) is 3.86. The molecule has 6 heteroatoms. The van der Waals surface area contributed by atoms with Gasteiger partial charge in [0.15, 0.2) is 0 Å². The number of hydrogen-bond acceptors (Lipinski definition) is 2. The van der Waals surface area contributed by atoms with Crippen molar-refractivity contribution in [1.29, 1.82) is 5.26 Å². The molecule has 2 aromatic rings. The van der Waals surface area contributed by atoms with E-state index in [1.54, 1.807) is 0 Å². The van der Waals surface area contributed by atoms with Crippen molar-refractivity contribution < 1.29 is 17.9 Å². The molecule has 0 aromatic heterocycles. The molecule has 0 saturated heterocycles. The summed E-state index contributed by atoms with van der Waals surface area (Å²) in [7, 11) is 0. The third kappa shape index (κ3) is 3.22. The van der Waals surface area contributed by atoms with Gasteiger partial charge in [0.25, 0.3) is 0 Å². The van der Waals surface area contributed by atoms with Crippen LogP contribution in [0.5, 0.6) is 11.5 Å². The van der Waals surface area contributed by atoms with Crippen LogP contribution in [-0.2, 0) is 6.18 Å². The normalized spacial score (nSPS) is 10.9. The molecule has 2 aromatic carbocycles. The maximum absolute atomic E-state index is 12.6. The molecule has 102 valence electrons. The first-order chi connectivity index (χ1) is 9.40. The van der Waals surface area contributed by atoms with E-state index in [1.807, 2.05) is 6.07 Å². The van der Waals surface area contributed by atoms with Crippen molar-refractivity contribution in [2.45, 2.75) is 6.18 Å². The van der Waals surface area contributed by atoms with E-state index in [-0.39, 0.29) is 22.1 Å². The molecular weight excluding hydrogens is 291 g/mol. The minimum atomic E-state index is -4.43. The maximum Gasteiger partial charge on any atom is 0.416 e. The highest BCUT2D eigenvalue weighted by Gasteiger charge is 2.30. The van der Waals surface area contributed by atoms with E-state index >= 15 is 0 Å². The third-order valence-corrected chi connectivity index (χ3v) is 2.77. The fourth-order valence-corrected chi connectivity index (χ4v) is 1.73. The molecule has 0 fully saturated rings. The van der Waals surface area contributed by atoms with E-state index in [1.165, 1.54) is 30.3 Å². The number of hydrogen-bond donors (Lipinski definition) is 0. The summed E-state index contributed by atoms with van der Waals surface area (Å²) >= 11 is 5.82. The van der Waals surface area contributed by atoms with Gasteiger partial charge in [-0.3, -0.25) is 0 Å². The monoisotopic (exact) mass is 297 g/mol. The van der Waals surface area contributed by atoms with Gasteiger partial charge in [-0.2, -0.15) is 18.4 Å². The zero-order valence-corrected chi connectivity index (χ0v) is 10.7. The van der Waals surface area contributed by atoms with Crippen molar-refractivity contribution in [1.82, 2.24) is 0 Å². The lowest BCUT2D eigenvalue weighted by Crippen LogP contribution is -2.04. The summed E-state index contributed by atoms with van der Waals surface area (Å²) in [6, 6.07) is 10.7. The number of ether oxygens (including phenoxy) is 1. The first kappa shape index (κ1) is 14.2. The molecule has 20 heavy (non-hydrogen) atoms. The average Bonchev–Trinajstić information content (AvgIpc) is 2.38. The van der Waals surface area contributed by atoms with Crippen LogP contribution in [-0.4, -0.2) is 0 Å². The first-order valence-electron chi connectivity index (χ1n) is 5.45. The summed E-state index contributed by atoms with van der Waals surface area (Å²) < 4.78 is 43.0. The molecule has 0 saturated carbocycles. The van der Waals surface area contributed by atoms with Gasteiger partial charge in [0.1, 0.15) is 17.6 Å². The summed E-state index contributed by atoms with van der Waals surface area (Å²) in [6.07, 6.45) is -4.43. The zero-order valence-electron chi connectivity index (χ0n) is 9.91. The predicted molar refractivity (Wildman–Crippen MR) is 67.7 cm³/mol. The highest BCUT2D eigenvalue weighted by atomic mass is 35.5. The van der Waals surface area contributed by atoms with Crippen LogP contribution in [0.2, 0.25) is 5.02 Å². The van der Waals surface area contributed by atoms with E-state index in [0.29, 0.717) is 0 Å². The molecule has 0 bridgehead atoms. The van der Waals surface area contributed by atoms with Crippen LogP contribution in [0.15, 0.2) is 42.5 Å². The van der Waals surface area contributed by atoms with Gasteiger partial charge in [0.05, 0.1) is 16.1 Å². The molecule has 2 rings (SSSR count). The lowest BCUT2D eigenvalue weighted by molar-refractivity contribution is -0.137. The van der Waals surface area contributed by atoms with Crippen LogP contribution in [0.3, 0.4) is 0 Å². The third-order valence-electron chi connectivity index (χ3n) is 2.46. The van der Waals surface area contributed by atoms with Gasteiger partial charge >= 0.3 is 6.18 Å². The Hall–Kier alpha value is -2.19. The van der Waals surface area contributed by atoms with Crippen LogP contribution in [0.1, 0.15) is 11.1 Å². The minimum absolute atomic E-state index is 0.0422. The molecule has 0 spiro atoms. The average molecular weight is 298 g/mol. The van der Waals surface area contributed by atoms with Crippen molar-refractivity contribution in [2.75, 3.05) is 0 Å². The smallest absolute Gasteiger partial charge is 0.416 e. The Balaban J connectivity index is 2.27. The van der Waals surface area contributed by atoms with Crippen LogP contribution in [0, 0.1) is 11.3 Å². The van der Waals surface area contributed by atoms with Crippen LogP contribution >= 0.6 is 11.6 Å². The van der Waals surface area contributed by atoms with E-state index in [4.69, 9.17) is 21.6 Å². The number of halogens is 4. The van der Waals surface area contributed by atoms with Crippen molar-refractivity contribution in [2.24, 2.45) is 0 Å². The fourth-order valence-electron chi connectivity index (χ4n) is 1.52. The molecule has 0 heterocycles. The molecule has 0 atom stereocenters. The molecule has 0 N–H and O–H groups in total. The van der Waals surface area contributed by atoms with E-state index in [0.717, 1.165) is 12.1 Å². The van der Waals surface area contributed by atoms with Crippen molar-refractivity contribution in [3.63, 3.8) is 0 Å². The number of benzene rings is 2. The summed E-state index contributed by atoms with van der Waals surface area (Å²) in [4.78, 5) is 0. The highest BCUT2D eigenvalue weighted by molar-refractivity contribution is 6.31. The molecule has 0 aliphatic carbocycles. The SMILES string of the molecule is N#Cc1ccc(Oc2cccc(C(F)(F)F)c2)cc1Cl. The lowest BCUT2D eigenvalue weighted by atomic mass is 10.2. The van der Waals surface area contributed by atoms with E-state index in [2.05, 4.69) is 0 Å². The second kappa shape index (κ2) is 5.43. The predicted octanol–water partition coefficient (Wildman–Crippen LogP) is 5.02. The molecule has 0 aliphatic rings. The maximum atomic E-state index is 12.6. The Morgan fingerprint density at radius 2 is 1.75 bits per heavy atom. The summed E-state index contributed by atoms with van der Waals surface area (Å²) in [5.74, 6) is 0.300. The molecular formula is C14H7ClF3NO. The second-order valence-electron chi connectivity index (χ2n) is 3.88. The van der Waals surface area contributed by atoms with E-state index < -0.39 is 11.7 Å². The lowest BCUT2D eigenvalue weighted by Gasteiger charge is -2.10. The number of rotatable bonds is 2. The van der Waals surface area contributed by atoms with Crippen molar-refractivity contribution in [3.8, 4) is 17.6 Å². The van der Waals surface area contributed by atoms with Gasteiger partial charge in [-0.15, -0.1) is 0 Å². The quantitative estimate of drug-likeness (QED) is 0.779. The minimum Gasteiger partial charge on any atom is -0.457 e. The zero-order chi connectivity index (χ0) is 14.8. The van der Waals surface area contributed by atoms with Gasteiger partial charge in [-0.25, -0.2) is 0 Å². The number of nitrogens with zero attached hydrogens (tertiary/aromatic N) is 1. The van der Waals surface area contributed by atoms with Gasteiger partial charge in [-0.1, -0.05) is 17.7 Å². The van der Waals surface area contributed by atoms with Gasteiger partial charge in [0.2, 0.25) is 0 Å². The Bertz CT molecular complexity index is 677. The van der Waals surface area contributed by atoms with E-state index in [9.17, 15) is 13.2 Å². The van der Waals surface area contributed by atoms with Crippen LogP contribution < -0.4 is 4.74 Å². The van der Waals surface area contributed by atoms with Crippen molar-refractivity contribution in [3.05, 3.63) is 58.6 Å². The Morgan fingerprint density at radius 1 is 1.05 bits per heavy atom. The molecule has 0 radical (unpaired) electrons. The topological polar surface area (TPSA) is 33.0 Å². The van der Waals surface area contributed by atoms with Crippen LogP contribution in [0.25, 0.3) is 0 Å². The molecule has 0 unspecified atom stereocenters. The summed E-state index contributed by atoms with van der Waals surface area (Å²) in [6.45, 7) is 0. The number of nitriles is 1. The first-order valence-corrected chi connectivity index (χ1v) is 5.83. The van der Waals surface area contributed by atoms with Crippen molar-refractivity contribution >= 4 is 11.6 Å². The summed E-state index contributed by atoms with van der Waals surface area (Å²) in [5.41, 5.74) is -0.530. The highest BCUT2D eigenvalue weighted by Crippen LogP contribution is 2.33. The Labute approximate surface area is 118 Å². The largest absolute Gasteiger partial charge is 0.457 e. The second-order valence-corrected chi connectivity index (χ2v) is 4.29. The summed E-state index contributed by atoms with van der Waals surface area (Å²) in [5, 5.41) is 8.90. The van der Waals surface area contributed by atoms with Gasteiger partial charge in [-0.05, 0) is 30.3 Å². The molecule has 2 nitrogen and oxygen atoms in total.